The third kappa shape index (κ3) is 3.85. The van der Waals surface area contributed by atoms with Crippen molar-refractivity contribution in [1.82, 2.24) is 29.7 Å². The molecule has 0 bridgehead atoms. The highest BCUT2D eigenvalue weighted by Crippen LogP contribution is 2.30. The Morgan fingerprint density at radius 3 is 2.66 bits per heavy atom. The number of carbonyl (C=O) groups is 1. The van der Waals surface area contributed by atoms with Gasteiger partial charge in [-0.25, -0.2) is 15.0 Å². The lowest BCUT2D eigenvalue weighted by atomic mass is 9.91. The van der Waals surface area contributed by atoms with Crippen LogP contribution in [0.1, 0.15) is 41.9 Å². The largest absolute Gasteiger partial charge is 0.434 e. The van der Waals surface area contributed by atoms with Gasteiger partial charge < -0.3 is 15.6 Å². The molecule has 0 aromatic carbocycles. The first-order chi connectivity index (χ1) is 15.4. The quantitative estimate of drug-likeness (QED) is 0.446. The summed E-state index contributed by atoms with van der Waals surface area (Å²) < 4.78 is 40.5. The van der Waals surface area contributed by atoms with Crippen LogP contribution in [0.4, 0.5) is 19.0 Å². The number of halogens is 3. The minimum Gasteiger partial charge on any atom is -0.368 e. The molecule has 4 aromatic rings. The van der Waals surface area contributed by atoms with Gasteiger partial charge in [-0.1, -0.05) is 6.07 Å². The molecule has 4 heterocycles. The van der Waals surface area contributed by atoms with Crippen LogP contribution in [0, 0.1) is 0 Å². The second kappa shape index (κ2) is 7.81. The maximum absolute atomic E-state index is 13.0. The first-order valence-corrected chi connectivity index (χ1v) is 10.3. The van der Waals surface area contributed by atoms with Crippen molar-refractivity contribution < 1.29 is 18.0 Å². The van der Waals surface area contributed by atoms with Crippen molar-refractivity contribution in [2.75, 3.05) is 5.32 Å². The Hall–Kier alpha value is -3.63. The number of amides is 1. The topological polar surface area (TPSA) is 100 Å². The number of rotatable bonds is 4. The van der Waals surface area contributed by atoms with Crippen LogP contribution in [0.2, 0.25) is 0 Å². The Balaban J connectivity index is 1.22. The van der Waals surface area contributed by atoms with E-state index in [0.29, 0.717) is 22.5 Å². The van der Waals surface area contributed by atoms with Gasteiger partial charge in [-0.05, 0) is 43.9 Å². The van der Waals surface area contributed by atoms with Crippen molar-refractivity contribution >= 4 is 28.4 Å². The number of carbonyl (C=O) groups excluding carboxylic acids is 1. The smallest absolute Gasteiger partial charge is 0.368 e. The van der Waals surface area contributed by atoms with Crippen LogP contribution in [0.25, 0.3) is 16.7 Å². The van der Waals surface area contributed by atoms with Gasteiger partial charge in [-0.15, -0.1) is 0 Å². The molecule has 5 rings (SSSR count). The molecule has 1 fully saturated rings. The van der Waals surface area contributed by atoms with E-state index in [1.807, 2.05) is 0 Å². The molecule has 166 valence electrons. The van der Waals surface area contributed by atoms with E-state index in [1.165, 1.54) is 10.7 Å². The molecule has 0 atom stereocenters. The molecule has 0 radical (unpaired) electrons. The lowest BCUT2D eigenvalue weighted by Crippen LogP contribution is -2.40. The fourth-order valence-electron chi connectivity index (χ4n) is 4.16. The van der Waals surface area contributed by atoms with Gasteiger partial charge in [0.2, 0.25) is 0 Å². The number of alkyl halides is 3. The number of imidazole rings is 1. The Labute approximate surface area is 180 Å². The molecular weight excluding hydrogens is 423 g/mol. The summed E-state index contributed by atoms with van der Waals surface area (Å²) in [5.41, 5.74) is 0.271. The zero-order chi connectivity index (χ0) is 22.3. The van der Waals surface area contributed by atoms with Gasteiger partial charge in [-0.3, -0.25) is 9.20 Å². The molecular formula is C21H20F3N7O. The van der Waals surface area contributed by atoms with Crippen molar-refractivity contribution in [3.63, 3.8) is 0 Å². The van der Waals surface area contributed by atoms with E-state index in [2.05, 4.69) is 30.6 Å². The Morgan fingerprint density at radius 2 is 1.88 bits per heavy atom. The molecule has 1 amide bonds. The van der Waals surface area contributed by atoms with Crippen LogP contribution in [-0.2, 0) is 6.18 Å². The van der Waals surface area contributed by atoms with Crippen LogP contribution in [0.3, 0.4) is 0 Å². The highest BCUT2D eigenvalue weighted by Gasteiger charge is 2.34. The molecule has 0 aliphatic heterocycles. The summed E-state index contributed by atoms with van der Waals surface area (Å²) in [5, 5.41) is 7.05. The first kappa shape index (κ1) is 20.3. The molecule has 0 spiro atoms. The van der Waals surface area contributed by atoms with E-state index >= 15 is 0 Å². The molecule has 11 heteroatoms. The van der Waals surface area contributed by atoms with Crippen LogP contribution in [0.15, 0.2) is 43.0 Å². The van der Waals surface area contributed by atoms with Crippen molar-refractivity contribution in [1.29, 1.82) is 0 Å². The lowest BCUT2D eigenvalue weighted by Gasteiger charge is -2.30. The second-order valence-corrected chi connectivity index (χ2v) is 7.89. The molecule has 32 heavy (non-hydrogen) atoms. The number of hydrogen-bond donors (Lipinski definition) is 3. The average molecular weight is 443 g/mol. The molecule has 4 aromatic heterocycles. The minimum absolute atomic E-state index is 0.00498. The fraction of sp³-hybridized carbons (Fsp3) is 0.333. The summed E-state index contributed by atoms with van der Waals surface area (Å²) in [6, 6.07) is 6.82. The predicted octanol–water partition coefficient (Wildman–Crippen LogP) is 3.78. The van der Waals surface area contributed by atoms with Gasteiger partial charge in [0, 0.05) is 24.5 Å². The number of pyridine rings is 1. The van der Waals surface area contributed by atoms with Gasteiger partial charge in [0.1, 0.15) is 29.1 Å². The van der Waals surface area contributed by atoms with E-state index < -0.39 is 11.9 Å². The van der Waals surface area contributed by atoms with Gasteiger partial charge in [0.05, 0.1) is 5.39 Å². The number of H-pyrrole nitrogens is 1. The maximum Gasteiger partial charge on any atom is 0.434 e. The standard InChI is InChI=1S/C21H20F3N7O/c22-21(23,24)15-10-31-16(2-1-3-17(31)30-15)28-12-4-6-13(7-5-12)29-20(32)18-14-8-9-25-19(14)27-11-26-18/h1-3,8-13,28H,4-7H2,(H,29,32)(H,25,26,27). The van der Waals surface area contributed by atoms with Gasteiger partial charge in [0.15, 0.2) is 5.69 Å². The Kier molecular flexibility index (Phi) is 4.95. The number of nitrogens with one attached hydrogen (secondary N) is 3. The SMILES string of the molecule is O=C(NC1CCC(Nc2cccc3nc(C(F)(F)F)cn23)CC1)c1ncnc2[nH]ccc12. The minimum atomic E-state index is -4.49. The molecule has 3 N–H and O–H groups in total. The Bertz CT molecular complexity index is 1270. The van der Waals surface area contributed by atoms with Gasteiger partial charge >= 0.3 is 6.18 Å². The molecule has 1 aliphatic rings. The van der Waals surface area contributed by atoms with Crippen LogP contribution < -0.4 is 10.6 Å². The number of hydrogen-bond acceptors (Lipinski definition) is 5. The van der Waals surface area contributed by atoms with Crippen LogP contribution in [0.5, 0.6) is 0 Å². The number of anilines is 1. The van der Waals surface area contributed by atoms with E-state index in [0.717, 1.165) is 31.9 Å². The maximum atomic E-state index is 13.0. The average Bonchev–Trinajstić information content (AvgIpc) is 3.42. The summed E-state index contributed by atoms with van der Waals surface area (Å²) in [4.78, 5) is 27.5. The van der Waals surface area contributed by atoms with E-state index in [9.17, 15) is 18.0 Å². The summed E-state index contributed by atoms with van der Waals surface area (Å²) in [6.07, 6.45) is 2.62. The van der Waals surface area contributed by atoms with Gasteiger partial charge in [-0.2, -0.15) is 13.2 Å². The number of nitrogens with zero attached hydrogens (tertiary/aromatic N) is 4. The molecule has 1 aliphatic carbocycles. The van der Waals surface area contributed by atoms with Crippen LogP contribution in [-0.4, -0.2) is 42.3 Å². The third-order valence-electron chi connectivity index (χ3n) is 5.77. The van der Waals surface area contributed by atoms with Crippen molar-refractivity contribution in [3.05, 3.63) is 54.4 Å². The predicted molar refractivity (Wildman–Crippen MR) is 111 cm³/mol. The number of fused-ring (bicyclic) bond motifs is 2. The fourth-order valence-corrected chi connectivity index (χ4v) is 4.16. The molecule has 8 nitrogen and oxygen atoms in total. The van der Waals surface area contributed by atoms with Crippen molar-refractivity contribution in [2.24, 2.45) is 0 Å². The van der Waals surface area contributed by atoms with E-state index in [1.54, 1.807) is 30.5 Å². The molecule has 0 saturated heterocycles. The normalized spacial score (nSPS) is 19.3. The summed E-state index contributed by atoms with van der Waals surface area (Å²) in [5.74, 6) is 0.324. The number of aromatic amines is 1. The van der Waals surface area contributed by atoms with E-state index in [-0.39, 0.29) is 23.6 Å². The highest BCUT2D eigenvalue weighted by atomic mass is 19.4. The second-order valence-electron chi connectivity index (χ2n) is 7.89. The van der Waals surface area contributed by atoms with Crippen molar-refractivity contribution in [3.8, 4) is 0 Å². The first-order valence-electron chi connectivity index (χ1n) is 10.3. The zero-order valence-corrected chi connectivity index (χ0v) is 16.9. The molecule has 1 saturated carbocycles. The lowest BCUT2D eigenvalue weighted by molar-refractivity contribution is -0.140. The molecule has 0 unspecified atom stereocenters. The highest BCUT2D eigenvalue weighted by molar-refractivity contribution is 6.03. The Morgan fingerprint density at radius 1 is 1.09 bits per heavy atom. The van der Waals surface area contributed by atoms with Crippen LogP contribution >= 0.6 is 0 Å². The summed E-state index contributed by atoms with van der Waals surface area (Å²) >= 11 is 0. The van der Waals surface area contributed by atoms with Gasteiger partial charge in [0.25, 0.3) is 5.91 Å². The summed E-state index contributed by atoms with van der Waals surface area (Å²) in [6.45, 7) is 0. The van der Waals surface area contributed by atoms with E-state index in [4.69, 9.17) is 0 Å². The monoisotopic (exact) mass is 443 g/mol. The van der Waals surface area contributed by atoms with Crippen molar-refractivity contribution in [2.45, 2.75) is 43.9 Å². The number of aromatic nitrogens is 5. The zero-order valence-electron chi connectivity index (χ0n) is 16.9. The third-order valence-corrected chi connectivity index (χ3v) is 5.77. The summed E-state index contributed by atoms with van der Waals surface area (Å²) in [7, 11) is 0.